The Morgan fingerprint density at radius 3 is 2.57 bits per heavy atom. The fourth-order valence-corrected chi connectivity index (χ4v) is 4.34. The molecule has 1 amide bonds. The molecule has 4 rings (SSSR count). The lowest BCUT2D eigenvalue weighted by Crippen LogP contribution is -2.37. The van der Waals surface area contributed by atoms with E-state index >= 15 is 0 Å². The van der Waals surface area contributed by atoms with Crippen LogP contribution in [0.15, 0.2) is 88.9 Å². The molecule has 1 aliphatic rings. The Hall–Kier alpha value is -2.63. The van der Waals surface area contributed by atoms with E-state index in [1.54, 1.807) is 6.20 Å². The van der Waals surface area contributed by atoms with Crippen LogP contribution in [0.4, 0.5) is 0 Å². The molecule has 1 saturated heterocycles. The molecule has 142 valence electrons. The first-order chi connectivity index (χ1) is 13.8. The number of likely N-dealkylation sites (tertiary alicyclic amines) is 1. The van der Waals surface area contributed by atoms with Gasteiger partial charge in [0, 0.05) is 36.8 Å². The average Bonchev–Trinajstić information content (AvgIpc) is 3.16. The van der Waals surface area contributed by atoms with Crippen molar-refractivity contribution in [3.05, 3.63) is 90.1 Å². The molecule has 0 aliphatic carbocycles. The predicted octanol–water partition coefficient (Wildman–Crippen LogP) is 4.24. The summed E-state index contributed by atoms with van der Waals surface area (Å²) in [7, 11) is 0. The Bertz CT molecular complexity index is 917. The minimum Gasteiger partial charge on any atom is -0.348 e. The highest BCUT2D eigenvalue weighted by Crippen LogP contribution is 2.28. The highest BCUT2D eigenvalue weighted by Gasteiger charge is 2.25. The van der Waals surface area contributed by atoms with Crippen molar-refractivity contribution in [3.63, 3.8) is 0 Å². The zero-order valence-corrected chi connectivity index (χ0v) is 16.4. The second kappa shape index (κ2) is 9.04. The van der Waals surface area contributed by atoms with Crippen LogP contribution < -0.4 is 5.32 Å². The molecule has 5 heteroatoms. The molecule has 0 spiro atoms. The highest BCUT2D eigenvalue weighted by atomic mass is 32.2. The van der Waals surface area contributed by atoms with Crippen LogP contribution in [0.5, 0.6) is 0 Å². The topological polar surface area (TPSA) is 45.2 Å². The molecule has 0 saturated carbocycles. The molecule has 1 aliphatic heterocycles. The summed E-state index contributed by atoms with van der Waals surface area (Å²) in [6.45, 7) is 2.80. The first kappa shape index (κ1) is 18.7. The standard InChI is InChI=1S/C23H23N3OS/c27-22(21-12-7-14-24-23(21)28-20-10-5-2-6-11-20)25-19-13-15-26(17-19)16-18-8-3-1-4-9-18/h1-12,14,19H,13,15-17H2,(H,25,27). The molecule has 3 aromatic rings. The zero-order chi connectivity index (χ0) is 19.2. The van der Waals surface area contributed by atoms with Gasteiger partial charge in [0.05, 0.1) is 5.56 Å². The van der Waals surface area contributed by atoms with E-state index in [1.807, 2.05) is 48.5 Å². The quantitative estimate of drug-likeness (QED) is 0.685. The first-order valence-corrected chi connectivity index (χ1v) is 10.3. The number of nitrogens with one attached hydrogen (secondary N) is 1. The van der Waals surface area contributed by atoms with Crippen LogP contribution in [-0.2, 0) is 6.54 Å². The maximum Gasteiger partial charge on any atom is 0.254 e. The van der Waals surface area contributed by atoms with Crippen LogP contribution in [0.3, 0.4) is 0 Å². The van der Waals surface area contributed by atoms with E-state index in [1.165, 1.54) is 17.3 Å². The summed E-state index contributed by atoms with van der Waals surface area (Å²) >= 11 is 1.52. The molecule has 1 unspecified atom stereocenters. The van der Waals surface area contributed by atoms with Gasteiger partial charge in [-0.25, -0.2) is 4.98 Å². The fraction of sp³-hybridized carbons (Fsp3) is 0.217. The largest absolute Gasteiger partial charge is 0.348 e. The third-order valence-corrected chi connectivity index (χ3v) is 5.86. The number of rotatable bonds is 6. The summed E-state index contributed by atoms with van der Waals surface area (Å²) in [5, 5.41) is 3.94. The number of amides is 1. The van der Waals surface area contributed by atoms with Crippen LogP contribution >= 0.6 is 11.8 Å². The van der Waals surface area contributed by atoms with Gasteiger partial charge < -0.3 is 5.32 Å². The Morgan fingerprint density at radius 2 is 1.79 bits per heavy atom. The van der Waals surface area contributed by atoms with E-state index in [-0.39, 0.29) is 11.9 Å². The van der Waals surface area contributed by atoms with Crippen molar-refractivity contribution >= 4 is 17.7 Å². The van der Waals surface area contributed by atoms with Gasteiger partial charge in [0.25, 0.3) is 5.91 Å². The van der Waals surface area contributed by atoms with Crippen LogP contribution in [0.2, 0.25) is 0 Å². The molecular formula is C23H23N3OS. The van der Waals surface area contributed by atoms with E-state index < -0.39 is 0 Å². The number of pyridine rings is 1. The van der Waals surface area contributed by atoms with Crippen LogP contribution in [0.25, 0.3) is 0 Å². The van der Waals surface area contributed by atoms with Crippen molar-refractivity contribution < 1.29 is 4.79 Å². The van der Waals surface area contributed by atoms with Crippen molar-refractivity contribution in [3.8, 4) is 0 Å². The fourth-order valence-electron chi connectivity index (χ4n) is 3.44. The van der Waals surface area contributed by atoms with E-state index in [4.69, 9.17) is 0 Å². The van der Waals surface area contributed by atoms with Gasteiger partial charge in [-0.1, -0.05) is 60.3 Å². The Morgan fingerprint density at radius 1 is 1.04 bits per heavy atom. The number of carbonyl (C=O) groups excluding carboxylic acids is 1. The number of hydrogen-bond acceptors (Lipinski definition) is 4. The van der Waals surface area contributed by atoms with Gasteiger partial charge in [-0.05, 0) is 36.2 Å². The van der Waals surface area contributed by atoms with E-state index in [9.17, 15) is 4.79 Å². The summed E-state index contributed by atoms with van der Waals surface area (Å²) in [6, 6.07) is 24.3. The third kappa shape index (κ3) is 4.80. The Kier molecular flexibility index (Phi) is 6.04. The van der Waals surface area contributed by atoms with Gasteiger partial charge in [-0.2, -0.15) is 0 Å². The van der Waals surface area contributed by atoms with Crippen molar-refractivity contribution in [2.24, 2.45) is 0 Å². The molecule has 1 aromatic heterocycles. The monoisotopic (exact) mass is 389 g/mol. The van der Waals surface area contributed by atoms with Gasteiger partial charge in [0.2, 0.25) is 0 Å². The Balaban J connectivity index is 1.38. The molecule has 4 nitrogen and oxygen atoms in total. The maximum absolute atomic E-state index is 12.9. The summed E-state index contributed by atoms with van der Waals surface area (Å²) in [4.78, 5) is 20.8. The van der Waals surface area contributed by atoms with E-state index in [2.05, 4.69) is 39.5 Å². The second-order valence-electron chi connectivity index (χ2n) is 6.95. The van der Waals surface area contributed by atoms with Crippen LogP contribution in [-0.4, -0.2) is 34.9 Å². The number of aromatic nitrogens is 1. The molecule has 0 bridgehead atoms. The molecule has 1 N–H and O–H groups in total. The van der Waals surface area contributed by atoms with Crippen molar-refractivity contribution in [2.45, 2.75) is 28.9 Å². The normalized spacial score (nSPS) is 16.8. The summed E-state index contributed by atoms with van der Waals surface area (Å²) in [5.41, 5.74) is 1.95. The lowest BCUT2D eigenvalue weighted by Gasteiger charge is -2.17. The zero-order valence-electron chi connectivity index (χ0n) is 15.6. The Labute approximate surface area is 170 Å². The van der Waals surface area contributed by atoms with Gasteiger partial charge >= 0.3 is 0 Å². The smallest absolute Gasteiger partial charge is 0.254 e. The summed E-state index contributed by atoms with van der Waals surface area (Å²) in [6.07, 6.45) is 2.71. The number of benzene rings is 2. The lowest BCUT2D eigenvalue weighted by molar-refractivity contribution is 0.0934. The summed E-state index contributed by atoms with van der Waals surface area (Å²) < 4.78 is 0. The van der Waals surface area contributed by atoms with Gasteiger partial charge in [-0.3, -0.25) is 9.69 Å². The van der Waals surface area contributed by atoms with Gasteiger partial charge in [0.1, 0.15) is 5.03 Å². The second-order valence-corrected chi connectivity index (χ2v) is 8.01. The number of hydrogen-bond donors (Lipinski definition) is 1. The number of nitrogens with zero attached hydrogens (tertiary/aromatic N) is 2. The van der Waals surface area contributed by atoms with Gasteiger partial charge in [0.15, 0.2) is 0 Å². The number of carbonyl (C=O) groups is 1. The van der Waals surface area contributed by atoms with Gasteiger partial charge in [-0.15, -0.1) is 0 Å². The first-order valence-electron chi connectivity index (χ1n) is 9.53. The van der Waals surface area contributed by atoms with Crippen molar-refractivity contribution in [1.82, 2.24) is 15.2 Å². The molecule has 0 radical (unpaired) electrons. The SMILES string of the molecule is O=C(NC1CCN(Cc2ccccc2)C1)c1cccnc1Sc1ccccc1. The molecule has 2 aromatic carbocycles. The summed E-state index contributed by atoms with van der Waals surface area (Å²) in [5.74, 6) is -0.0434. The highest BCUT2D eigenvalue weighted by molar-refractivity contribution is 7.99. The minimum atomic E-state index is -0.0434. The van der Waals surface area contributed by atoms with Crippen molar-refractivity contribution in [1.29, 1.82) is 0 Å². The maximum atomic E-state index is 12.9. The van der Waals surface area contributed by atoms with Crippen LogP contribution in [0.1, 0.15) is 22.3 Å². The third-order valence-electron chi connectivity index (χ3n) is 4.83. The molecule has 2 heterocycles. The average molecular weight is 390 g/mol. The van der Waals surface area contributed by atoms with E-state index in [0.29, 0.717) is 5.56 Å². The minimum absolute atomic E-state index is 0.0434. The molecule has 1 atom stereocenters. The molecule has 28 heavy (non-hydrogen) atoms. The van der Waals surface area contributed by atoms with Crippen molar-refractivity contribution in [2.75, 3.05) is 13.1 Å². The van der Waals surface area contributed by atoms with Crippen LogP contribution in [0, 0.1) is 0 Å². The molecular weight excluding hydrogens is 366 g/mol. The molecule has 1 fully saturated rings. The predicted molar refractivity (Wildman–Crippen MR) is 112 cm³/mol. The lowest BCUT2D eigenvalue weighted by atomic mass is 10.2. The van der Waals surface area contributed by atoms with E-state index in [0.717, 1.165) is 36.0 Å².